The molecule has 0 radical (unpaired) electrons. The molecule has 3 unspecified atom stereocenters. The van der Waals surface area contributed by atoms with Gasteiger partial charge in [0.15, 0.2) is 0 Å². The van der Waals surface area contributed by atoms with E-state index >= 15 is 0 Å². The number of carbonyl (C=O) groups is 3. The van der Waals surface area contributed by atoms with Gasteiger partial charge < -0.3 is 24.8 Å². The summed E-state index contributed by atoms with van der Waals surface area (Å²) in [6.07, 6.45) is 6.86. The van der Waals surface area contributed by atoms with E-state index < -0.39 is 29.1 Å². The van der Waals surface area contributed by atoms with E-state index in [0.29, 0.717) is 25.8 Å². The summed E-state index contributed by atoms with van der Waals surface area (Å²) in [6.45, 7) is 8.65. The molecular formula is C25H42N2O6. The number of nitrogens with one attached hydrogen (secondary N) is 1. The van der Waals surface area contributed by atoms with Crippen LogP contribution in [0.25, 0.3) is 0 Å². The number of likely N-dealkylation sites (tertiary alicyclic amines) is 1. The molecule has 3 heterocycles. The Balaban J connectivity index is 1.92. The fraction of sp³-hybridized carbons (Fsp3) is 0.880. The van der Waals surface area contributed by atoms with E-state index in [1.807, 2.05) is 13.8 Å². The minimum Gasteiger partial charge on any atom is -0.466 e. The number of rotatable bonds is 13. The van der Waals surface area contributed by atoms with E-state index in [1.165, 1.54) is 0 Å². The summed E-state index contributed by atoms with van der Waals surface area (Å²) in [5.41, 5.74) is -1.72. The number of aliphatic hydroxyl groups excluding tert-OH is 1. The highest BCUT2D eigenvalue weighted by Gasteiger charge is 2.78. The van der Waals surface area contributed by atoms with Gasteiger partial charge in [0.25, 0.3) is 0 Å². The maximum absolute atomic E-state index is 13.8. The minimum absolute atomic E-state index is 0.000881. The molecule has 0 aromatic rings. The molecule has 0 saturated carbocycles. The number of hydrogen-bond donors (Lipinski definition) is 2. The molecule has 3 saturated heterocycles. The number of aliphatic hydroxyl groups is 1. The zero-order chi connectivity index (χ0) is 24.2. The molecule has 3 aliphatic rings. The second kappa shape index (κ2) is 10.7. The number of carbonyl (C=O) groups excluding carboxylic acids is 3. The first kappa shape index (κ1) is 25.9. The van der Waals surface area contributed by atoms with Gasteiger partial charge in [0, 0.05) is 19.2 Å². The molecule has 0 aromatic carbocycles. The Labute approximate surface area is 197 Å². The van der Waals surface area contributed by atoms with Crippen LogP contribution in [0.15, 0.2) is 0 Å². The highest BCUT2D eigenvalue weighted by molar-refractivity contribution is 5.98. The van der Waals surface area contributed by atoms with Crippen molar-refractivity contribution >= 4 is 17.8 Å². The van der Waals surface area contributed by atoms with Crippen molar-refractivity contribution in [1.29, 1.82) is 0 Å². The van der Waals surface area contributed by atoms with Crippen molar-refractivity contribution in [3.8, 4) is 0 Å². The largest absolute Gasteiger partial charge is 0.466 e. The number of unbranched alkanes of at least 4 members (excludes halogenated alkanes) is 3. The fourth-order valence-electron chi connectivity index (χ4n) is 6.42. The van der Waals surface area contributed by atoms with Crippen LogP contribution in [-0.4, -0.2) is 70.8 Å². The van der Waals surface area contributed by atoms with Gasteiger partial charge in [-0.3, -0.25) is 14.4 Å². The Kier molecular flexibility index (Phi) is 8.43. The zero-order valence-corrected chi connectivity index (χ0v) is 20.7. The number of amides is 2. The van der Waals surface area contributed by atoms with Crippen LogP contribution in [0.4, 0.5) is 0 Å². The lowest BCUT2D eigenvalue weighted by molar-refractivity contribution is -0.160. The van der Waals surface area contributed by atoms with Crippen LogP contribution in [0.5, 0.6) is 0 Å². The van der Waals surface area contributed by atoms with E-state index in [1.54, 1.807) is 11.8 Å². The van der Waals surface area contributed by atoms with Crippen molar-refractivity contribution in [2.45, 2.75) is 109 Å². The van der Waals surface area contributed by atoms with E-state index in [2.05, 4.69) is 12.2 Å². The lowest BCUT2D eigenvalue weighted by atomic mass is 9.65. The average molecular weight is 467 g/mol. The van der Waals surface area contributed by atoms with Gasteiger partial charge >= 0.3 is 5.97 Å². The number of nitrogens with zero attached hydrogens (tertiary/aromatic N) is 1. The molecule has 2 N–H and O–H groups in total. The van der Waals surface area contributed by atoms with Gasteiger partial charge in [0.05, 0.1) is 18.1 Å². The third-order valence-corrected chi connectivity index (χ3v) is 7.89. The number of esters is 1. The van der Waals surface area contributed by atoms with Crippen LogP contribution in [-0.2, 0) is 23.9 Å². The molecule has 3 fully saturated rings. The van der Waals surface area contributed by atoms with E-state index in [9.17, 15) is 14.4 Å². The van der Waals surface area contributed by atoms with Crippen LogP contribution in [0.3, 0.4) is 0 Å². The standard InChI is InChI=1S/C25H42N2O6/c1-5-12-17(4)26-21(29)20-25-14-13-24(6-2,33-25)19(23(31)32-7-3)18(25)22(30)27(20)15-10-8-9-11-16-28/h17-20,28H,5-16H2,1-4H3,(H,26,29)/t17?,18-,19+,20?,24-,25?/m0/s1. The molecule has 3 rings (SSSR count). The molecule has 8 heteroatoms. The first-order chi connectivity index (χ1) is 15.8. The Bertz CT molecular complexity index is 730. The number of hydrogen-bond acceptors (Lipinski definition) is 6. The number of ether oxygens (including phenoxy) is 2. The van der Waals surface area contributed by atoms with Gasteiger partial charge in [-0.1, -0.05) is 33.1 Å². The van der Waals surface area contributed by atoms with Gasteiger partial charge in [0.1, 0.15) is 17.6 Å². The topological polar surface area (TPSA) is 105 Å². The summed E-state index contributed by atoms with van der Waals surface area (Å²) < 4.78 is 12.1. The summed E-state index contributed by atoms with van der Waals surface area (Å²) in [5, 5.41) is 12.1. The van der Waals surface area contributed by atoms with Crippen LogP contribution in [0, 0.1) is 11.8 Å². The van der Waals surface area contributed by atoms with Gasteiger partial charge in [-0.25, -0.2) is 0 Å². The van der Waals surface area contributed by atoms with Gasteiger partial charge in [-0.05, 0) is 52.4 Å². The third-order valence-electron chi connectivity index (χ3n) is 7.89. The van der Waals surface area contributed by atoms with Crippen molar-refractivity contribution < 1.29 is 29.0 Å². The van der Waals surface area contributed by atoms with Crippen molar-refractivity contribution in [3.63, 3.8) is 0 Å². The summed E-state index contributed by atoms with van der Waals surface area (Å²) in [4.78, 5) is 42.2. The fourth-order valence-corrected chi connectivity index (χ4v) is 6.42. The molecule has 8 nitrogen and oxygen atoms in total. The van der Waals surface area contributed by atoms with Crippen molar-refractivity contribution in [2.24, 2.45) is 11.8 Å². The average Bonchev–Trinajstić information content (AvgIpc) is 3.37. The Hall–Kier alpha value is -1.67. The van der Waals surface area contributed by atoms with Crippen LogP contribution < -0.4 is 5.32 Å². The number of fused-ring (bicyclic) bond motifs is 1. The maximum atomic E-state index is 13.8. The Morgan fingerprint density at radius 1 is 1.21 bits per heavy atom. The molecule has 3 aliphatic heterocycles. The molecule has 1 spiro atoms. The first-order valence-electron chi connectivity index (χ1n) is 12.9. The lowest BCUT2D eigenvalue weighted by Gasteiger charge is -2.34. The Morgan fingerprint density at radius 3 is 2.58 bits per heavy atom. The van der Waals surface area contributed by atoms with Crippen molar-refractivity contribution in [2.75, 3.05) is 19.8 Å². The molecular weight excluding hydrogens is 424 g/mol. The van der Waals surface area contributed by atoms with Crippen molar-refractivity contribution in [3.05, 3.63) is 0 Å². The van der Waals surface area contributed by atoms with Crippen LogP contribution in [0.1, 0.15) is 85.5 Å². The molecule has 2 amide bonds. The molecule has 0 aromatic heterocycles. The second-order valence-corrected chi connectivity index (χ2v) is 9.95. The quantitative estimate of drug-likeness (QED) is 0.319. The Morgan fingerprint density at radius 2 is 1.94 bits per heavy atom. The molecule has 6 atom stereocenters. The summed E-state index contributed by atoms with van der Waals surface area (Å²) >= 11 is 0. The normalized spacial score (nSPS) is 33.3. The molecule has 33 heavy (non-hydrogen) atoms. The highest BCUT2D eigenvalue weighted by Crippen LogP contribution is 2.64. The van der Waals surface area contributed by atoms with Gasteiger partial charge in [0.2, 0.25) is 11.8 Å². The minimum atomic E-state index is -0.981. The summed E-state index contributed by atoms with van der Waals surface area (Å²) in [6, 6.07) is -0.737. The monoisotopic (exact) mass is 466 g/mol. The van der Waals surface area contributed by atoms with E-state index in [-0.39, 0.29) is 37.0 Å². The smallest absolute Gasteiger partial charge is 0.312 e. The highest BCUT2D eigenvalue weighted by atomic mass is 16.6. The van der Waals surface area contributed by atoms with Crippen molar-refractivity contribution in [1.82, 2.24) is 10.2 Å². The zero-order valence-electron chi connectivity index (χ0n) is 20.7. The second-order valence-electron chi connectivity index (χ2n) is 9.95. The van der Waals surface area contributed by atoms with Crippen LogP contribution in [0.2, 0.25) is 0 Å². The third kappa shape index (κ3) is 4.53. The lowest BCUT2D eigenvalue weighted by Crippen LogP contribution is -2.56. The van der Waals surface area contributed by atoms with Crippen LogP contribution >= 0.6 is 0 Å². The maximum Gasteiger partial charge on any atom is 0.312 e. The van der Waals surface area contributed by atoms with E-state index in [0.717, 1.165) is 38.5 Å². The van der Waals surface area contributed by atoms with Gasteiger partial charge in [-0.2, -0.15) is 0 Å². The van der Waals surface area contributed by atoms with E-state index in [4.69, 9.17) is 14.6 Å². The molecule has 0 aliphatic carbocycles. The summed E-state index contributed by atoms with van der Waals surface area (Å²) in [5.74, 6) is -2.08. The first-order valence-corrected chi connectivity index (χ1v) is 12.9. The predicted molar refractivity (Wildman–Crippen MR) is 123 cm³/mol. The summed E-state index contributed by atoms with van der Waals surface area (Å²) in [7, 11) is 0. The molecule has 188 valence electrons. The molecule has 2 bridgehead atoms. The van der Waals surface area contributed by atoms with Gasteiger partial charge in [-0.15, -0.1) is 0 Å². The SMILES string of the molecule is CCCC(C)NC(=O)C1N(CCCCCCO)C(=O)[C@@H]2[C@H](C(=O)OCC)[C@]3(CC)CCC12O3. The predicted octanol–water partition coefficient (Wildman–Crippen LogP) is 2.56.